The summed E-state index contributed by atoms with van der Waals surface area (Å²) in [6.45, 7) is 6.76. The Hall–Kier alpha value is -1.36. The molecule has 1 heterocycles. The van der Waals surface area contributed by atoms with Gasteiger partial charge >= 0.3 is 0 Å². The van der Waals surface area contributed by atoms with E-state index >= 15 is 0 Å². The van der Waals surface area contributed by atoms with Crippen molar-refractivity contribution in [1.82, 2.24) is 9.97 Å². The molecule has 1 N–H and O–H groups in total. The van der Waals surface area contributed by atoms with Gasteiger partial charge in [0.2, 0.25) is 0 Å². The summed E-state index contributed by atoms with van der Waals surface area (Å²) in [5, 5.41) is 3.07. The van der Waals surface area contributed by atoms with E-state index < -0.39 is 0 Å². The number of rotatable bonds is 8. The van der Waals surface area contributed by atoms with Crippen LogP contribution in [-0.2, 0) is 11.3 Å². The second-order valence-electron chi connectivity index (χ2n) is 4.14. The van der Waals surface area contributed by atoms with Gasteiger partial charge in [0, 0.05) is 33.3 Å². The van der Waals surface area contributed by atoms with Crippen LogP contribution >= 0.6 is 0 Å². The Bertz CT molecular complexity index is 357. The summed E-state index contributed by atoms with van der Waals surface area (Å²) < 4.78 is 5.11. The van der Waals surface area contributed by atoms with Crippen molar-refractivity contribution < 1.29 is 4.74 Å². The molecule has 0 radical (unpaired) electrons. The van der Waals surface area contributed by atoms with Crippen LogP contribution in [0.4, 0.5) is 11.6 Å². The first-order chi connectivity index (χ1) is 8.74. The number of nitrogens with zero attached hydrogens (tertiary/aromatic N) is 3. The van der Waals surface area contributed by atoms with Crippen molar-refractivity contribution in [2.45, 2.75) is 33.3 Å². The van der Waals surface area contributed by atoms with Gasteiger partial charge in [-0.3, -0.25) is 0 Å². The number of hydrogen-bond acceptors (Lipinski definition) is 5. The Labute approximate surface area is 110 Å². The van der Waals surface area contributed by atoms with Crippen LogP contribution < -0.4 is 10.2 Å². The standard InChI is InChI=1S/C13H24N4O/c1-5-7-8-17(6-2)13-9-11(14-3)15-12(16-13)10-18-4/h9H,5-8,10H2,1-4H3,(H,14,15,16). The van der Waals surface area contributed by atoms with E-state index in [0.717, 1.165) is 24.7 Å². The maximum atomic E-state index is 5.11. The second kappa shape index (κ2) is 7.87. The largest absolute Gasteiger partial charge is 0.377 e. The molecule has 0 aliphatic carbocycles. The first-order valence-corrected chi connectivity index (χ1v) is 6.54. The molecule has 0 unspecified atom stereocenters. The maximum absolute atomic E-state index is 5.11. The Morgan fingerprint density at radius 1 is 1.33 bits per heavy atom. The van der Waals surface area contributed by atoms with E-state index in [1.807, 2.05) is 13.1 Å². The van der Waals surface area contributed by atoms with E-state index in [-0.39, 0.29) is 0 Å². The molecule has 1 rings (SSSR count). The lowest BCUT2D eigenvalue weighted by Gasteiger charge is -2.22. The van der Waals surface area contributed by atoms with E-state index in [4.69, 9.17) is 4.74 Å². The van der Waals surface area contributed by atoms with E-state index in [2.05, 4.69) is 34.0 Å². The summed E-state index contributed by atoms with van der Waals surface area (Å²) in [6, 6.07) is 1.98. The highest BCUT2D eigenvalue weighted by molar-refractivity contribution is 5.49. The predicted octanol–water partition coefficient (Wildman–Crippen LogP) is 2.29. The molecule has 5 nitrogen and oxygen atoms in total. The zero-order valence-corrected chi connectivity index (χ0v) is 11.9. The summed E-state index contributed by atoms with van der Waals surface area (Å²) >= 11 is 0. The highest BCUT2D eigenvalue weighted by Crippen LogP contribution is 2.16. The Morgan fingerprint density at radius 2 is 2.11 bits per heavy atom. The van der Waals surface area contributed by atoms with Crippen LogP contribution in [0.5, 0.6) is 0 Å². The molecule has 5 heteroatoms. The van der Waals surface area contributed by atoms with Gasteiger partial charge in [-0.2, -0.15) is 0 Å². The van der Waals surface area contributed by atoms with Crippen molar-refractivity contribution in [1.29, 1.82) is 0 Å². The third kappa shape index (κ3) is 4.14. The van der Waals surface area contributed by atoms with Gasteiger partial charge < -0.3 is 15.0 Å². The molecular weight excluding hydrogens is 228 g/mol. The fraction of sp³-hybridized carbons (Fsp3) is 0.692. The lowest BCUT2D eigenvalue weighted by molar-refractivity contribution is 0.178. The summed E-state index contributed by atoms with van der Waals surface area (Å²) in [7, 11) is 3.52. The van der Waals surface area contributed by atoms with Crippen molar-refractivity contribution in [2.75, 3.05) is 37.5 Å². The molecule has 0 saturated carbocycles. The number of aromatic nitrogens is 2. The molecule has 1 aromatic rings. The van der Waals surface area contributed by atoms with Crippen LogP contribution in [0, 0.1) is 0 Å². The smallest absolute Gasteiger partial charge is 0.158 e. The van der Waals surface area contributed by atoms with Crippen LogP contribution in [0.3, 0.4) is 0 Å². The van der Waals surface area contributed by atoms with E-state index in [9.17, 15) is 0 Å². The molecule has 0 aliphatic heterocycles. The minimum atomic E-state index is 0.438. The molecule has 18 heavy (non-hydrogen) atoms. The first kappa shape index (κ1) is 14.7. The topological polar surface area (TPSA) is 50.3 Å². The number of nitrogens with one attached hydrogen (secondary N) is 1. The molecule has 0 bridgehead atoms. The molecule has 102 valence electrons. The fourth-order valence-corrected chi connectivity index (χ4v) is 1.75. The maximum Gasteiger partial charge on any atom is 0.158 e. The number of methoxy groups -OCH3 is 1. The lowest BCUT2D eigenvalue weighted by atomic mass is 10.3. The number of anilines is 2. The third-order valence-electron chi connectivity index (χ3n) is 2.78. The number of unbranched alkanes of at least 4 members (excludes halogenated alkanes) is 1. The third-order valence-corrected chi connectivity index (χ3v) is 2.78. The van der Waals surface area contributed by atoms with Gasteiger partial charge in [-0.05, 0) is 13.3 Å². The van der Waals surface area contributed by atoms with Gasteiger partial charge in [0.25, 0.3) is 0 Å². The molecule has 0 fully saturated rings. The lowest BCUT2D eigenvalue weighted by Crippen LogP contribution is -2.25. The molecule has 0 spiro atoms. The second-order valence-corrected chi connectivity index (χ2v) is 4.14. The van der Waals surface area contributed by atoms with Crippen LogP contribution in [0.1, 0.15) is 32.5 Å². The van der Waals surface area contributed by atoms with Crippen molar-refractivity contribution >= 4 is 11.6 Å². The predicted molar refractivity (Wildman–Crippen MR) is 75.1 cm³/mol. The summed E-state index contributed by atoms with van der Waals surface area (Å²) in [5.41, 5.74) is 0. The van der Waals surface area contributed by atoms with Gasteiger partial charge in [-0.15, -0.1) is 0 Å². The van der Waals surface area contributed by atoms with Crippen molar-refractivity contribution in [3.8, 4) is 0 Å². The number of ether oxygens (including phenoxy) is 1. The molecule has 1 aromatic heterocycles. The molecule has 0 amide bonds. The van der Waals surface area contributed by atoms with Crippen LogP contribution in [0.15, 0.2) is 6.07 Å². The average molecular weight is 252 g/mol. The van der Waals surface area contributed by atoms with Crippen molar-refractivity contribution in [2.24, 2.45) is 0 Å². The summed E-state index contributed by atoms with van der Waals surface area (Å²) in [4.78, 5) is 11.2. The monoisotopic (exact) mass is 252 g/mol. The zero-order chi connectivity index (χ0) is 13.4. The molecule has 0 atom stereocenters. The highest BCUT2D eigenvalue weighted by atomic mass is 16.5. The Morgan fingerprint density at radius 3 is 2.67 bits per heavy atom. The first-order valence-electron chi connectivity index (χ1n) is 6.54. The SMILES string of the molecule is CCCCN(CC)c1cc(NC)nc(COC)n1. The molecule has 0 aromatic carbocycles. The van der Waals surface area contributed by atoms with Crippen molar-refractivity contribution in [3.63, 3.8) is 0 Å². The normalized spacial score (nSPS) is 10.4. The minimum Gasteiger partial charge on any atom is -0.377 e. The summed E-state index contributed by atoms with van der Waals surface area (Å²) in [5.74, 6) is 2.52. The Balaban J connectivity index is 2.93. The van der Waals surface area contributed by atoms with Gasteiger partial charge in [0.15, 0.2) is 5.82 Å². The quantitative estimate of drug-likeness (QED) is 0.769. The molecular formula is C13H24N4O. The van der Waals surface area contributed by atoms with Crippen molar-refractivity contribution in [3.05, 3.63) is 11.9 Å². The van der Waals surface area contributed by atoms with Crippen LogP contribution in [0.25, 0.3) is 0 Å². The van der Waals surface area contributed by atoms with Gasteiger partial charge in [0.05, 0.1) is 0 Å². The fourth-order valence-electron chi connectivity index (χ4n) is 1.75. The van der Waals surface area contributed by atoms with Crippen LogP contribution in [0.2, 0.25) is 0 Å². The van der Waals surface area contributed by atoms with Gasteiger partial charge in [0.1, 0.15) is 18.2 Å². The summed E-state index contributed by atoms with van der Waals surface area (Å²) in [6.07, 6.45) is 2.36. The van der Waals surface area contributed by atoms with E-state index in [0.29, 0.717) is 12.4 Å². The average Bonchev–Trinajstić information content (AvgIpc) is 2.39. The number of hydrogen-bond donors (Lipinski definition) is 1. The van der Waals surface area contributed by atoms with E-state index in [1.54, 1.807) is 7.11 Å². The Kier molecular flexibility index (Phi) is 6.43. The van der Waals surface area contributed by atoms with Gasteiger partial charge in [-0.1, -0.05) is 13.3 Å². The van der Waals surface area contributed by atoms with Crippen LogP contribution in [-0.4, -0.2) is 37.2 Å². The van der Waals surface area contributed by atoms with Gasteiger partial charge in [-0.25, -0.2) is 9.97 Å². The highest BCUT2D eigenvalue weighted by Gasteiger charge is 2.09. The molecule has 0 saturated heterocycles. The van der Waals surface area contributed by atoms with E-state index in [1.165, 1.54) is 12.8 Å². The molecule has 0 aliphatic rings. The minimum absolute atomic E-state index is 0.438. The zero-order valence-electron chi connectivity index (χ0n) is 11.9.